The van der Waals surface area contributed by atoms with Crippen LogP contribution in [0.3, 0.4) is 0 Å². The zero-order valence-electron chi connectivity index (χ0n) is 18.1. The second-order valence-electron chi connectivity index (χ2n) is 7.47. The van der Waals surface area contributed by atoms with Crippen molar-refractivity contribution in [2.75, 3.05) is 7.05 Å². The molecule has 0 radical (unpaired) electrons. The lowest BCUT2D eigenvalue weighted by atomic mass is 10.0. The summed E-state index contributed by atoms with van der Waals surface area (Å²) in [6, 6.07) is 11.5. The van der Waals surface area contributed by atoms with Crippen molar-refractivity contribution in [2.45, 2.75) is 24.2 Å². The van der Waals surface area contributed by atoms with E-state index in [2.05, 4.69) is 15.0 Å². The van der Waals surface area contributed by atoms with E-state index >= 15 is 0 Å². The number of alkyl halides is 5. The van der Waals surface area contributed by atoms with E-state index in [1.54, 1.807) is 7.05 Å². The standard InChI is InChI=1S/C23H18F5N3O3S/c1-29-12-15-13-31(35(32,33)17-5-2-4-16(11-17)34-22(24)25)20-10-14(7-8-18(15)20)19-6-3-9-30-21(19)23(26,27)28/h2-11,13,22,29H,12H2,1H3. The molecule has 2 heterocycles. The second-order valence-corrected chi connectivity index (χ2v) is 9.28. The maximum absolute atomic E-state index is 13.5. The van der Waals surface area contributed by atoms with Gasteiger partial charge in [0.2, 0.25) is 0 Å². The first kappa shape index (κ1) is 24.6. The number of pyridine rings is 1. The largest absolute Gasteiger partial charge is 0.435 e. The molecule has 1 N–H and O–H groups in total. The Morgan fingerprint density at radius 3 is 2.54 bits per heavy atom. The van der Waals surface area contributed by atoms with Crippen LogP contribution in [0.1, 0.15) is 11.3 Å². The fraction of sp³-hybridized carbons (Fsp3) is 0.174. The fourth-order valence-corrected chi connectivity index (χ4v) is 5.17. The number of benzene rings is 2. The molecule has 0 spiro atoms. The summed E-state index contributed by atoms with van der Waals surface area (Å²) < 4.78 is 98.0. The number of hydrogen-bond acceptors (Lipinski definition) is 5. The number of aromatic nitrogens is 2. The van der Waals surface area contributed by atoms with Crippen LogP contribution in [0.4, 0.5) is 22.0 Å². The minimum atomic E-state index is -4.72. The van der Waals surface area contributed by atoms with Crippen molar-refractivity contribution < 1.29 is 35.1 Å². The molecule has 0 unspecified atom stereocenters. The van der Waals surface area contributed by atoms with E-state index in [1.807, 2.05) is 0 Å². The van der Waals surface area contributed by atoms with Crippen LogP contribution in [0, 0.1) is 0 Å². The summed E-state index contributed by atoms with van der Waals surface area (Å²) in [4.78, 5) is 3.13. The van der Waals surface area contributed by atoms with Gasteiger partial charge in [-0.15, -0.1) is 0 Å². The highest BCUT2D eigenvalue weighted by molar-refractivity contribution is 7.90. The van der Waals surface area contributed by atoms with Crippen LogP contribution in [0.2, 0.25) is 0 Å². The van der Waals surface area contributed by atoms with E-state index in [-0.39, 0.29) is 33.8 Å². The van der Waals surface area contributed by atoms with E-state index in [4.69, 9.17) is 0 Å². The predicted molar refractivity (Wildman–Crippen MR) is 119 cm³/mol. The van der Waals surface area contributed by atoms with Crippen molar-refractivity contribution in [3.8, 4) is 16.9 Å². The summed E-state index contributed by atoms with van der Waals surface area (Å²) in [7, 11) is -2.68. The number of rotatable bonds is 7. The van der Waals surface area contributed by atoms with E-state index < -0.39 is 28.5 Å². The molecule has 0 bridgehead atoms. The summed E-state index contributed by atoms with van der Waals surface area (Å²) in [5.74, 6) is -0.348. The van der Waals surface area contributed by atoms with E-state index in [9.17, 15) is 30.4 Å². The van der Waals surface area contributed by atoms with Gasteiger partial charge in [0, 0.05) is 36.0 Å². The minimum absolute atomic E-state index is 0.110. The summed E-state index contributed by atoms with van der Waals surface area (Å²) in [6.07, 6.45) is -2.35. The van der Waals surface area contributed by atoms with Gasteiger partial charge in [0.1, 0.15) is 5.75 Å². The molecule has 0 saturated heterocycles. The second kappa shape index (κ2) is 9.27. The Hall–Kier alpha value is -3.51. The summed E-state index contributed by atoms with van der Waals surface area (Å²) in [5, 5.41) is 3.41. The Kier molecular flexibility index (Phi) is 6.52. The molecule has 2 aromatic carbocycles. The van der Waals surface area contributed by atoms with Crippen LogP contribution < -0.4 is 10.1 Å². The molecule has 0 aliphatic rings. The van der Waals surface area contributed by atoms with Crippen molar-refractivity contribution in [3.05, 3.63) is 78.2 Å². The van der Waals surface area contributed by atoms with Crippen LogP contribution in [0.15, 0.2) is 71.9 Å². The molecule has 0 fully saturated rings. The Morgan fingerprint density at radius 1 is 1.09 bits per heavy atom. The van der Waals surface area contributed by atoms with Crippen LogP contribution in [0.25, 0.3) is 22.0 Å². The zero-order chi connectivity index (χ0) is 25.4. The lowest BCUT2D eigenvalue weighted by molar-refractivity contribution is -0.140. The quantitative estimate of drug-likeness (QED) is 0.342. The maximum Gasteiger partial charge on any atom is 0.433 e. The van der Waals surface area contributed by atoms with Gasteiger partial charge in [0.05, 0.1) is 10.4 Å². The van der Waals surface area contributed by atoms with Gasteiger partial charge in [-0.1, -0.05) is 24.3 Å². The molecule has 0 aliphatic carbocycles. The van der Waals surface area contributed by atoms with Crippen molar-refractivity contribution in [2.24, 2.45) is 0 Å². The van der Waals surface area contributed by atoms with Crippen molar-refractivity contribution in [1.29, 1.82) is 0 Å². The van der Waals surface area contributed by atoms with Gasteiger partial charge in [-0.3, -0.25) is 4.98 Å². The van der Waals surface area contributed by atoms with Crippen molar-refractivity contribution in [1.82, 2.24) is 14.3 Å². The van der Waals surface area contributed by atoms with E-state index in [1.165, 1.54) is 54.7 Å². The minimum Gasteiger partial charge on any atom is -0.435 e. The fourth-order valence-electron chi connectivity index (χ4n) is 3.75. The average molecular weight is 511 g/mol. The van der Waals surface area contributed by atoms with Crippen molar-refractivity contribution >= 4 is 20.9 Å². The molecule has 0 saturated carbocycles. The summed E-state index contributed by atoms with van der Waals surface area (Å²) in [6.45, 7) is -2.87. The monoisotopic (exact) mass is 511 g/mol. The zero-order valence-corrected chi connectivity index (χ0v) is 18.9. The normalized spacial score (nSPS) is 12.4. The third kappa shape index (κ3) is 4.84. The third-order valence-corrected chi connectivity index (χ3v) is 6.87. The first-order chi connectivity index (χ1) is 16.5. The van der Waals surface area contributed by atoms with Gasteiger partial charge < -0.3 is 10.1 Å². The van der Waals surface area contributed by atoms with Crippen LogP contribution in [-0.4, -0.2) is 31.0 Å². The van der Waals surface area contributed by atoms with Gasteiger partial charge in [0.25, 0.3) is 10.0 Å². The molecule has 2 aromatic heterocycles. The molecule has 6 nitrogen and oxygen atoms in total. The molecule has 0 aliphatic heterocycles. The molecule has 184 valence electrons. The number of nitrogens with zero attached hydrogens (tertiary/aromatic N) is 2. The molecule has 0 atom stereocenters. The predicted octanol–water partition coefficient (Wildman–Crippen LogP) is 5.28. The van der Waals surface area contributed by atoms with E-state index in [0.29, 0.717) is 10.9 Å². The lowest BCUT2D eigenvalue weighted by Crippen LogP contribution is -2.13. The van der Waals surface area contributed by atoms with Gasteiger partial charge in [0.15, 0.2) is 5.69 Å². The van der Waals surface area contributed by atoms with Crippen LogP contribution in [0.5, 0.6) is 5.75 Å². The lowest BCUT2D eigenvalue weighted by Gasteiger charge is -2.13. The Morgan fingerprint density at radius 2 is 1.86 bits per heavy atom. The van der Waals surface area contributed by atoms with Gasteiger partial charge in [-0.2, -0.15) is 22.0 Å². The highest BCUT2D eigenvalue weighted by atomic mass is 32.2. The van der Waals surface area contributed by atoms with Crippen LogP contribution in [-0.2, 0) is 22.7 Å². The van der Waals surface area contributed by atoms with Crippen molar-refractivity contribution in [3.63, 3.8) is 0 Å². The highest BCUT2D eigenvalue weighted by Gasteiger charge is 2.35. The summed E-state index contributed by atoms with van der Waals surface area (Å²) in [5.41, 5.74) is -0.523. The molecule has 12 heteroatoms. The number of nitrogens with one attached hydrogen (secondary N) is 1. The van der Waals surface area contributed by atoms with E-state index in [0.717, 1.165) is 16.2 Å². The first-order valence-electron chi connectivity index (χ1n) is 10.1. The Labute approximate surface area is 197 Å². The van der Waals surface area contributed by atoms with Gasteiger partial charge >= 0.3 is 12.8 Å². The third-order valence-electron chi connectivity index (χ3n) is 5.20. The Bertz CT molecular complexity index is 1480. The summed E-state index contributed by atoms with van der Waals surface area (Å²) >= 11 is 0. The number of ether oxygens (including phenoxy) is 1. The van der Waals surface area contributed by atoms with Gasteiger partial charge in [-0.25, -0.2) is 12.4 Å². The SMILES string of the molecule is CNCc1cn(S(=O)(=O)c2cccc(OC(F)F)c2)c2cc(-c3cccnc3C(F)(F)F)ccc12. The first-order valence-corrected chi connectivity index (χ1v) is 11.6. The number of fused-ring (bicyclic) bond motifs is 1. The molecular formula is C23H18F5N3O3S. The van der Waals surface area contributed by atoms with Crippen LogP contribution >= 0.6 is 0 Å². The van der Waals surface area contributed by atoms with Gasteiger partial charge in [-0.05, 0) is 42.4 Å². The molecule has 4 rings (SSSR count). The molecule has 4 aromatic rings. The average Bonchev–Trinajstić information content (AvgIpc) is 3.17. The number of halogens is 5. The number of hydrogen-bond donors (Lipinski definition) is 1. The highest BCUT2D eigenvalue weighted by Crippen LogP contribution is 2.37. The maximum atomic E-state index is 13.5. The molecule has 35 heavy (non-hydrogen) atoms. The topological polar surface area (TPSA) is 73.2 Å². The molecule has 0 amide bonds. The smallest absolute Gasteiger partial charge is 0.433 e. The molecular weight excluding hydrogens is 493 g/mol. The Balaban J connectivity index is 1.93.